The molecular formula is C25H32N4O6S. The number of aromatic nitrogens is 2. The average Bonchev–Trinajstić information content (AvgIpc) is 3.39. The molecule has 1 atom stereocenters. The number of nitrogens with zero attached hydrogens (tertiary/aromatic N) is 1. The minimum absolute atomic E-state index is 0.0229. The van der Waals surface area contributed by atoms with E-state index in [0.29, 0.717) is 51.0 Å². The lowest BCUT2D eigenvalue weighted by Gasteiger charge is -2.27. The van der Waals surface area contributed by atoms with E-state index in [9.17, 15) is 22.8 Å². The number of pyridine rings is 2. The van der Waals surface area contributed by atoms with Crippen molar-refractivity contribution in [1.82, 2.24) is 9.97 Å². The monoisotopic (exact) mass is 516 g/mol. The molecule has 2 aliphatic rings. The lowest BCUT2D eigenvalue weighted by atomic mass is 9.84. The lowest BCUT2D eigenvalue weighted by molar-refractivity contribution is -0.118. The molecule has 1 aliphatic heterocycles. The smallest absolute Gasteiger partial charge is 0.253 e. The summed E-state index contributed by atoms with van der Waals surface area (Å²) in [4.78, 5) is 45.0. The van der Waals surface area contributed by atoms with Gasteiger partial charge in [-0.2, -0.15) is 0 Å². The number of nitrogens with one attached hydrogen (secondary N) is 2. The molecule has 0 spiro atoms. The predicted octanol–water partition coefficient (Wildman–Crippen LogP) is 2.43. The van der Waals surface area contributed by atoms with Gasteiger partial charge in [0.05, 0.1) is 21.6 Å². The number of carbonyl (C=O) groups is 2. The number of nitrogens with two attached hydrogens (primary N) is 1. The van der Waals surface area contributed by atoms with E-state index in [-0.39, 0.29) is 27.8 Å². The zero-order valence-corrected chi connectivity index (χ0v) is 21.1. The summed E-state index contributed by atoms with van der Waals surface area (Å²) in [5.74, 6) is -1.93. The van der Waals surface area contributed by atoms with Crippen molar-refractivity contribution in [2.45, 2.75) is 67.9 Å². The quantitative estimate of drug-likeness (QED) is 0.485. The Labute approximate surface area is 210 Å². The highest BCUT2D eigenvalue weighted by molar-refractivity contribution is 7.92. The minimum atomic E-state index is -3.81. The van der Waals surface area contributed by atoms with Gasteiger partial charge < -0.3 is 20.8 Å². The van der Waals surface area contributed by atoms with Crippen LogP contribution in [-0.2, 0) is 19.4 Å². The van der Waals surface area contributed by atoms with Crippen LogP contribution >= 0.6 is 0 Å². The maximum atomic E-state index is 13.7. The molecule has 36 heavy (non-hydrogen) atoms. The Morgan fingerprint density at radius 1 is 1.19 bits per heavy atom. The van der Waals surface area contributed by atoms with Crippen molar-refractivity contribution in [2.24, 2.45) is 11.7 Å². The predicted molar refractivity (Wildman–Crippen MR) is 134 cm³/mol. The van der Waals surface area contributed by atoms with Crippen LogP contribution in [-0.4, -0.2) is 48.7 Å². The number of carbonyl (C=O) groups excluding carboxylic acids is 2. The van der Waals surface area contributed by atoms with Gasteiger partial charge >= 0.3 is 0 Å². The number of sulfone groups is 1. The van der Waals surface area contributed by atoms with E-state index < -0.39 is 38.4 Å². The fourth-order valence-electron chi connectivity index (χ4n) is 5.11. The van der Waals surface area contributed by atoms with E-state index in [1.54, 1.807) is 6.92 Å². The van der Waals surface area contributed by atoms with E-state index in [2.05, 4.69) is 15.3 Å². The van der Waals surface area contributed by atoms with Gasteiger partial charge in [0.1, 0.15) is 5.82 Å². The van der Waals surface area contributed by atoms with Gasteiger partial charge in [-0.1, -0.05) is 12.8 Å². The first-order chi connectivity index (χ1) is 17.2. The molecule has 4 rings (SSSR count). The van der Waals surface area contributed by atoms with Gasteiger partial charge in [0, 0.05) is 30.7 Å². The van der Waals surface area contributed by atoms with E-state index in [0.717, 1.165) is 12.8 Å². The van der Waals surface area contributed by atoms with Crippen LogP contribution < -0.4 is 16.6 Å². The number of aryl methyl sites for hydroxylation is 1. The summed E-state index contributed by atoms with van der Waals surface area (Å²) in [5.41, 5.74) is 5.28. The first-order valence-corrected chi connectivity index (χ1v) is 13.8. The largest absolute Gasteiger partial charge is 0.381 e. The third kappa shape index (κ3) is 5.67. The van der Waals surface area contributed by atoms with Crippen molar-refractivity contribution in [1.29, 1.82) is 0 Å². The molecule has 194 valence electrons. The van der Waals surface area contributed by atoms with Crippen LogP contribution in [0, 0.1) is 12.8 Å². The summed E-state index contributed by atoms with van der Waals surface area (Å²) >= 11 is 0. The minimum Gasteiger partial charge on any atom is -0.381 e. The fourth-order valence-corrected chi connectivity index (χ4v) is 7.31. The number of H-pyrrole nitrogens is 1. The van der Waals surface area contributed by atoms with Crippen molar-refractivity contribution in [3.63, 3.8) is 0 Å². The molecule has 1 saturated carbocycles. The van der Waals surface area contributed by atoms with Crippen LogP contribution in [0.4, 0.5) is 5.82 Å². The second kappa shape index (κ2) is 10.9. The molecule has 1 aliphatic carbocycles. The molecule has 0 aromatic carbocycles. The molecule has 2 amide bonds. The average molecular weight is 517 g/mol. The third-order valence-electron chi connectivity index (χ3n) is 7.09. The molecule has 2 aromatic rings. The van der Waals surface area contributed by atoms with Crippen molar-refractivity contribution < 1.29 is 22.7 Å². The Balaban J connectivity index is 1.75. The summed E-state index contributed by atoms with van der Waals surface area (Å²) in [7, 11) is -3.81. The molecule has 2 aromatic heterocycles. The molecule has 0 unspecified atom stereocenters. The molecule has 0 bridgehead atoms. The number of anilines is 1. The highest BCUT2D eigenvalue weighted by Gasteiger charge is 2.38. The SMILES string of the molecule is Cc1cc(S(=O)(=O)C2CCCC2)c([C@@H](CC2CCOCC2)C(=O)Nc2ccc(C(N)=O)cn2)c(=O)[nH]1. The Kier molecular flexibility index (Phi) is 7.89. The molecular weight excluding hydrogens is 484 g/mol. The number of primary amides is 1. The van der Waals surface area contributed by atoms with Gasteiger partial charge in [-0.15, -0.1) is 0 Å². The number of ether oxygens (including phenoxy) is 1. The van der Waals surface area contributed by atoms with Gasteiger partial charge in [0.15, 0.2) is 9.84 Å². The Morgan fingerprint density at radius 2 is 1.89 bits per heavy atom. The van der Waals surface area contributed by atoms with Crippen molar-refractivity contribution >= 4 is 27.5 Å². The summed E-state index contributed by atoms with van der Waals surface area (Å²) in [6, 6.07) is 4.36. The number of hydrogen-bond acceptors (Lipinski definition) is 7. The van der Waals surface area contributed by atoms with Gasteiger partial charge in [-0.05, 0) is 63.1 Å². The first-order valence-electron chi connectivity index (χ1n) is 12.3. The van der Waals surface area contributed by atoms with Crippen molar-refractivity contribution in [2.75, 3.05) is 18.5 Å². The van der Waals surface area contributed by atoms with E-state index in [1.165, 1.54) is 24.4 Å². The van der Waals surface area contributed by atoms with E-state index in [4.69, 9.17) is 10.5 Å². The highest BCUT2D eigenvalue weighted by Crippen LogP contribution is 2.36. The van der Waals surface area contributed by atoms with Gasteiger partial charge in [0.25, 0.3) is 5.56 Å². The zero-order valence-electron chi connectivity index (χ0n) is 20.3. The molecule has 4 N–H and O–H groups in total. The molecule has 0 radical (unpaired) electrons. The van der Waals surface area contributed by atoms with Crippen molar-refractivity contribution in [3.8, 4) is 0 Å². The van der Waals surface area contributed by atoms with E-state index >= 15 is 0 Å². The highest BCUT2D eigenvalue weighted by atomic mass is 32.2. The normalized spacial score (nSPS) is 18.1. The topological polar surface area (TPSA) is 161 Å². The number of hydrogen-bond donors (Lipinski definition) is 3. The Hall–Kier alpha value is -3.05. The van der Waals surface area contributed by atoms with Crippen LogP contribution in [0.25, 0.3) is 0 Å². The van der Waals surface area contributed by atoms with Gasteiger partial charge in [0.2, 0.25) is 11.8 Å². The summed E-state index contributed by atoms with van der Waals surface area (Å²) < 4.78 is 32.8. The first kappa shape index (κ1) is 26.0. The molecule has 3 heterocycles. The van der Waals surface area contributed by atoms with Gasteiger partial charge in [-0.25, -0.2) is 13.4 Å². The summed E-state index contributed by atoms with van der Waals surface area (Å²) in [5, 5.41) is 2.14. The summed E-state index contributed by atoms with van der Waals surface area (Å²) in [6.07, 6.45) is 5.70. The van der Waals surface area contributed by atoms with Crippen LogP contribution in [0.5, 0.6) is 0 Å². The lowest BCUT2D eigenvalue weighted by Crippen LogP contribution is -2.33. The third-order valence-corrected chi connectivity index (χ3v) is 9.39. The Bertz CT molecular complexity index is 1280. The molecule has 10 nitrogen and oxygen atoms in total. The molecule has 2 fully saturated rings. The van der Waals surface area contributed by atoms with Crippen LogP contribution in [0.3, 0.4) is 0 Å². The van der Waals surface area contributed by atoms with E-state index in [1.807, 2.05) is 0 Å². The summed E-state index contributed by atoms with van der Waals surface area (Å²) in [6.45, 7) is 2.73. The van der Waals surface area contributed by atoms with Crippen LogP contribution in [0.2, 0.25) is 0 Å². The molecule has 1 saturated heterocycles. The maximum Gasteiger partial charge on any atom is 0.253 e. The zero-order chi connectivity index (χ0) is 25.9. The van der Waals surface area contributed by atoms with Gasteiger partial charge in [-0.3, -0.25) is 14.4 Å². The van der Waals surface area contributed by atoms with Crippen LogP contribution in [0.15, 0.2) is 34.1 Å². The number of rotatable bonds is 8. The Morgan fingerprint density at radius 3 is 2.50 bits per heavy atom. The standard InChI is InChI=1S/C25H32N4O6S/c1-15-12-20(36(33,34)18-4-2-3-5-18)22(25(32)28-15)19(13-16-8-10-35-11-9-16)24(31)29-21-7-6-17(14-27-21)23(26)30/h6-7,12,14,16,18-19H,2-5,8-11,13H2,1H3,(H2,26,30)(H,28,32)(H,27,29,31)/t19-/m1/s1. The second-order valence-corrected chi connectivity index (χ2v) is 11.8. The molecule has 11 heteroatoms. The number of aromatic amines is 1. The second-order valence-electron chi connectivity index (χ2n) is 9.64. The maximum absolute atomic E-state index is 13.7. The van der Waals surface area contributed by atoms with Crippen molar-refractivity contribution in [3.05, 3.63) is 51.6 Å². The number of amides is 2. The fraction of sp³-hybridized carbons (Fsp3) is 0.520. The van der Waals surface area contributed by atoms with Crippen LogP contribution in [0.1, 0.15) is 72.5 Å².